The van der Waals surface area contributed by atoms with E-state index in [1.807, 2.05) is 25.1 Å². The van der Waals surface area contributed by atoms with Crippen LogP contribution in [0.5, 0.6) is 0 Å². The van der Waals surface area contributed by atoms with E-state index in [2.05, 4.69) is 4.72 Å². The summed E-state index contributed by atoms with van der Waals surface area (Å²) in [6.07, 6.45) is 3.99. The van der Waals surface area contributed by atoms with Gasteiger partial charge in [0.1, 0.15) is 5.76 Å². The van der Waals surface area contributed by atoms with E-state index in [1.165, 1.54) is 12.1 Å². The number of anilines is 1. The molecule has 1 aromatic heterocycles. The normalized spacial score (nSPS) is 16.7. The Hall–Kier alpha value is -2.16. The lowest BCUT2D eigenvalue weighted by molar-refractivity contribution is -0.119. The minimum atomic E-state index is -3.66. The molecule has 1 aliphatic rings. The summed E-state index contributed by atoms with van der Waals surface area (Å²) in [5.41, 5.74) is 0.736. The number of carbonyl (C=O) groups excluding carboxylic acids is 1. The maximum atomic E-state index is 12.6. The highest BCUT2D eigenvalue weighted by Crippen LogP contribution is 2.23. The number of sulfonamides is 1. The van der Waals surface area contributed by atoms with E-state index >= 15 is 0 Å². The smallest absolute Gasteiger partial charge is 0.240 e. The summed E-state index contributed by atoms with van der Waals surface area (Å²) in [6.45, 7) is 0.867. The van der Waals surface area contributed by atoms with Crippen molar-refractivity contribution in [1.29, 1.82) is 0 Å². The molecule has 7 nitrogen and oxygen atoms in total. The van der Waals surface area contributed by atoms with E-state index in [4.69, 9.17) is 4.42 Å². The van der Waals surface area contributed by atoms with E-state index in [1.54, 1.807) is 29.4 Å². The molecule has 8 heteroatoms. The van der Waals surface area contributed by atoms with Crippen LogP contribution in [0, 0.1) is 0 Å². The SMILES string of the molecule is CN(C)C(CNS(=O)(=O)c1ccc(N2CCCCC2=O)cc1)c1ccco1. The molecular formula is C19H25N3O4S. The van der Waals surface area contributed by atoms with Crippen molar-refractivity contribution < 1.29 is 17.6 Å². The van der Waals surface area contributed by atoms with Crippen LogP contribution < -0.4 is 9.62 Å². The van der Waals surface area contributed by atoms with Gasteiger partial charge in [-0.05, 0) is 63.3 Å². The van der Waals surface area contributed by atoms with Gasteiger partial charge < -0.3 is 9.32 Å². The topological polar surface area (TPSA) is 82.9 Å². The number of furan rings is 1. The zero-order chi connectivity index (χ0) is 19.4. The Morgan fingerprint density at radius 1 is 1.19 bits per heavy atom. The maximum Gasteiger partial charge on any atom is 0.240 e. The fraction of sp³-hybridized carbons (Fsp3) is 0.421. The van der Waals surface area contributed by atoms with Crippen molar-refractivity contribution in [1.82, 2.24) is 9.62 Å². The lowest BCUT2D eigenvalue weighted by atomic mass is 10.1. The second kappa shape index (κ2) is 8.24. The summed E-state index contributed by atoms with van der Waals surface area (Å²) in [6, 6.07) is 9.85. The fourth-order valence-corrected chi connectivity index (χ4v) is 4.21. The van der Waals surface area contributed by atoms with Crippen LogP contribution in [0.3, 0.4) is 0 Å². The summed E-state index contributed by atoms with van der Waals surface area (Å²) in [4.78, 5) is 15.8. The third-order valence-electron chi connectivity index (χ3n) is 4.74. The van der Waals surface area contributed by atoms with Crippen molar-refractivity contribution in [3.8, 4) is 0 Å². The van der Waals surface area contributed by atoms with Crippen LogP contribution in [-0.2, 0) is 14.8 Å². The molecule has 27 heavy (non-hydrogen) atoms. The van der Waals surface area contributed by atoms with Gasteiger partial charge >= 0.3 is 0 Å². The van der Waals surface area contributed by atoms with Gasteiger partial charge in [-0.3, -0.25) is 9.69 Å². The molecule has 1 amide bonds. The van der Waals surface area contributed by atoms with Gasteiger partial charge in [0.2, 0.25) is 15.9 Å². The fourth-order valence-electron chi connectivity index (χ4n) is 3.17. The predicted molar refractivity (Wildman–Crippen MR) is 103 cm³/mol. The molecule has 2 heterocycles. The zero-order valence-corrected chi connectivity index (χ0v) is 16.4. The highest BCUT2D eigenvalue weighted by molar-refractivity contribution is 7.89. The molecule has 0 aliphatic carbocycles. The average Bonchev–Trinajstić information content (AvgIpc) is 3.16. The third-order valence-corrected chi connectivity index (χ3v) is 6.18. The van der Waals surface area contributed by atoms with Crippen LogP contribution in [-0.4, -0.2) is 46.4 Å². The highest BCUT2D eigenvalue weighted by atomic mass is 32.2. The van der Waals surface area contributed by atoms with E-state index in [9.17, 15) is 13.2 Å². The van der Waals surface area contributed by atoms with Crippen molar-refractivity contribution >= 4 is 21.6 Å². The number of nitrogens with zero attached hydrogens (tertiary/aromatic N) is 2. The lowest BCUT2D eigenvalue weighted by Crippen LogP contribution is -2.35. The predicted octanol–water partition coefficient (Wildman–Crippen LogP) is 2.38. The molecule has 0 radical (unpaired) electrons. The Labute approximate surface area is 160 Å². The van der Waals surface area contributed by atoms with Gasteiger partial charge in [-0.2, -0.15) is 0 Å². The van der Waals surface area contributed by atoms with E-state index in [0.29, 0.717) is 18.7 Å². The Morgan fingerprint density at radius 3 is 2.52 bits per heavy atom. The lowest BCUT2D eigenvalue weighted by Gasteiger charge is -2.27. The molecule has 1 unspecified atom stereocenters. The molecule has 1 saturated heterocycles. The van der Waals surface area contributed by atoms with Gasteiger partial charge in [-0.1, -0.05) is 0 Å². The number of carbonyl (C=O) groups is 1. The van der Waals surface area contributed by atoms with Crippen LogP contribution in [0.4, 0.5) is 5.69 Å². The number of rotatable bonds is 7. The van der Waals surface area contributed by atoms with Crippen molar-refractivity contribution in [2.75, 3.05) is 32.1 Å². The number of benzene rings is 1. The van der Waals surface area contributed by atoms with Gasteiger partial charge in [-0.25, -0.2) is 13.1 Å². The molecule has 0 bridgehead atoms. The number of hydrogen-bond acceptors (Lipinski definition) is 5. The van der Waals surface area contributed by atoms with Crippen LogP contribution in [0.2, 0.25) is 0 Å². The van der Waals surface area contributed by atoms with E-state index in [-0.39, 0.29) is 23.4 Å². The zero-order valence-electron chi connectivity index (χ0n) is 15.6. The molecule has 1 N–H and O–H groups in total. The van der Waals surface area contributed by atoms with Gasteiger partial charge in [0, 0.05) is 25.2 Å². The summed E-state index contributed by atoms with van der Waals surface area (Å²) in [5, 5.41) is 0. The maximum absolute atomic E-state index is 12.6. The molecule has 3 rings (SSSR count). The van der Waals surface area contributed by atoms with Gasteiger partial charge in [0.15, 0.2) is 0 Å². The number of likely N-dealkylation sites (N-methyl/N-ethyl adjacent to an activating group) is 1. The number of nitrogens with one attached hydrogen (secondary N) is 1. The Balaban J connectivity index is 1.70. The van der Waals surface area contributed by atoms with Crippen molar-refractivity contribution in [3.05, 3.63) is 48.4 Å². The van der Waals surface area contributed by atoms with Crippen LogP contribution in [0.25, 0.3) is 0 Å². The summed E-state index contributed by atoms with van der Waals surface area (Å²) in [7, 11) is 0.0712. The van der Waals surface area contributed by atoms with Gasteiger partial charge in [-0.15, -0.1) is 0 Å². The van der Waals surface area contributed by atoms with Gasteiger partial charge in [0.05, 0.1) is 17.2 Å². The summed E-state index contributed by atoms with van der Waals surface area (Å²) in [5.74, 6) is 0.781. The first kappa shape index (κ1) is 19.6. The van der Waals surface area contributed by atoms with E-state index < -0.39 is 10.0 Å². The second-order valence-corrected chi connectivity index (χ2v) is 8.61. The molecule has 1 fully saturated rings. The Bertz CT molecular complexity index is 861. The van der Waals surface area contributed by atoms with Crippen molar-refractivity contribution in [2.24, 2.45) is 0 Å². The minimum absolute atomic E-state index is 0.0854. The van der Waals surface area contributed by atoms with Crippen LogP contribution >= 0.6 is 0 Å². The molecule has 1 aromatic carbocycles. The quantitative estimate of drug-likeness (QED) is 0.784. The highest BCUT2D eigenvalue weighted by Gasteiger charge is 2.23. The molecule has 1 atom stereocenters. The molecule has 1 aliphatic heterocycles. The number of hydrogen-bond donors (Lipinski definition) is 1. The molecule has 146 valence electrons. The van der Waals surface area contributed by atoms with E-state index in [0.717, 1.165) is 18.5 Å². The number of amides is 1. The van der Waals surface area contributed by atoms with Gasteiger partial charge in [0.25, 0.3) is 0 Å². The first-order valence-corrected chi connectivity index (χ1v) is 10.5. The first-order chi connectivity index (χ1) is 12.9. The Kier molecular flexibility index (Phi) is 5.98. The standard InChI is InChI=1S/C19H25N3O4S/c1-21(2)17(18-6-5-13-26-18)14-20-27(24,25)16-10-8-15(9-11-16)22-12-4-3-7-19(22)23/h5-6,8-11,13,17,20H,3-4,7,12,14H2,1-2H3. The Morgan fingerprint density at radius 2 is 1.93 bits per heavy atom. The van der Waals surface area contributed by atoms with Crippen molar-refractivity contribution in [3.63, 3.8) is 0 Å². The molecule has 0 spiro atoms. The van der Waals surface area contributed by atoms with Crippen LogP contribution in [0.1, 0.15) is 31.1 Å². The number of piperidine rings is 1. The summed E-state index contributed by atoms with van der Waals surface area (Å²) < 4.78 is 33.3. The second-order valence-electron chi connectivity index (χ2n) is 6.84. The largest absolute Gasteiger partial charge is 0.468 e. The molecule has 0 saturated carbocycles. The molecule has 2 aromatic rings. The minimum Gasteiger partial charge on any atom is -0.468 e. The summed E-state index contributed by atoms with van der Waals surface area (Å²) >= 11 is 0. The average molecular weight is 391 g/mol. The first-order valence-electron chi connectivity index (χ1n) is 8.98. The monoisotopic (exact) mass is 391 g/mol. The third kappa shape index (κ3) is 4.58. The van der Waals surface area contributed by atoms with Crippen molar-refractivity contribution in [2.45, 2.75) is 30.2 Å². The molecular weight excluding hydrogens is 366 g/mol. The van der Waals surface area contributed by atoms with Crippen LogP contribution in [0.15, 0.2) is 52.0 Å².